The van der Waals surface area contributed by atoms with Gasteiger partial charge in [-0.05, 0) is 0 Å². The van der Waals surface area contributed by atoms with Crippen LogP contribution >= 0.6 is 21.2 Å². The zero-order valence-corrected chi connectivity index (χ0v) is 20.2. The molecule has 0 heterocycles. The van der Waals surface area contributed by atoms with Crippen molar-refractivity contribution in [3.05, 3.63) is 35.9 Å². The summed E-state index contributed by atoms with van der Waals surface area (Å²) in [6, 6.07) is 10.4. The molecule has 0 radical (unpaired) electrons. The molecule has 0 aromatic heterocycles. The Kier molecular flexibility index (Phi) is 12.5. The summed E-state index contributed by atoms with van der Waals surface area (Å²) in [5.74, 6) is 0. The third-order valence-electron chi connectivity index (χ3n) is 4.46. The summed E-state index contributed by atoms with van der Waals surface area (Å²) in [5.41, 5.74) is 1.21. The van der Waals surface area contributed by atoms with E-state index in [1.165, 1.54) is 57.4 Å². The van der Waals surface area contributed by atoms with Gasteiger partial charge in [-0.25, -0.2) is 0 Å². The van der Waals surface area contributed by atoms with Crippen LogP contribution in [0.15, 0.2) is 30.3 Å². The molecule has 24 heavy (non-hydrogen) atoms. The molecular formula is C20H34OS2Sn. The molecule has 4 heteroatoms. The predicted molar refractivity (Wildman–Crippen MR) is 116 cm³/mol. The van der Waals surface area contributed by atoms with Crippen molar-refractivity contribution in [2.75, 3.05) is 0 Å². The molecule has 0 fully saturated rings. The average Bonchev–Trinajstić information content (AvgIpc) is 2.62. The van der Waals surface area contributed by atoms with E-state index in [2.05, 4.69) is 54.0 Å². The van der Waals surface area contributed by atoms with Crippen molar-refractivity contribution >= 4 is 42.5 Å². The maximum absolute atomic E-state index is 5.97. The molecule has 0 saturated heterocycles. The zero-order valence-electron chi connectivity index (χ0n) is 15.7. The molecule has 0 saturated carbocycles. The maximum atomic E-state index is 5.97. The van der Waals surface area contributed by atoms with E-state index in [0.29, 0.717) is 6.61 Å². The fraction of sp³-hybridized carbons (Fsp3) is 0.650. The number of hydrogen-bond acceptors (Lipinski definition) is 3. The second-order valence-corrected chi connectivity index (χ2v) is 26.4. The first kappa shape index (κ1) is 22.3. The van der Waals surface area contributed by atoms with Gasteiger partial charge in [0.05, 0.1) is 0 Å². The molecule has 0 spiro atoms. The first-order valence-electron chi connectivity index (χ1n) is 9.55. The van der Waals surface area contributed by atoms with Crippen molar-refractivity contribution in [2.24, 2.45) is 0 Å². The van der Waals surface area contributed by atoms with E-state index < -0.39 is 17.0 Å². The van der Waals surface area contributed by atoms with Crippen LogP contribution in [0.3, 0.4) is 0 Å². The van der Waals surface area contributed by atoms with Crippen LogP contribution in [0.25, 0.3) is 0 Å². The predicted octanol–water partition coefficient (Wildman–Crippen LogP) is 7.57. The average molecular weight is 473 g/mol. The number of ether oxygens (including phenoxy) is 1. The molecule has 0 N–H and O–H groups in total. The minimum atomic E-state index is -2.27. The van der Waals surface area contributed by atoms with Crippen molar-refractivity contribution in [1.82, 2.24) is 0 Å². The van der Waals surface area contributed by atoms with Crippen molar-refractivity contribution in [1.29, 1.82) is 0 Å². The van der Waals surface area contributed by atoms with Gasteiger partial charge in [-0.3, -0.25) is 0 Å². The van der Waals surface area contributed by atoms with Crippen LogP contribution in [-0.2, 0) is 11.3 Å². The van der Waals surface area contributed by atoms with Gasteiger partial charge in [0.2, 0.25) is 0 Å². The Balaban J connectivity index is 2.66. The van der Waals surface area contributed by atoms with Crippen molar-refractivity contribution in [2.45, 2.75) is 79.2 Å². The Morgan fingerprint density at radius 2 is 1.42 bits per heavy atom. The Labute approximate surface area is 161 Å². The van der Waals surface area contributed by atoms with Crippen LogP contribution in [0, 0.1) is 0 Å². The normalized spacial score (nSPS) is 11.5. The fourth-order valence-corrected chi connectivity index (χ4v) is 27.1. The van der Waals surface area contributed by atoms with E-state index in [0.717, 1.165) is 4.38 Å². The van der Waals surface area contributed by atoms with E-state index in [1.54, 1.807) is 0 Å². The van der Waals surface area contributed by atoms with Gasteiger partial charge in [-0.2, -0.15) is 0 Å². The molecule has 0 bridgehead atoms. The summed E-state index contributed by atoms with van der Waals surface area (Å²) < 4.78 is 11.2. The standard InChI is InChI=1S/C8H8OS2.3C4H9.Sn/c10-8(11)9-6-7-4-2-1-3-5-7;3*1-3-4-2;/h1-5H,6H2,(H,10,11);3*1,3-4H2,2H3;/q;;;;+1/p-1. The minimum absolute atomic E-state index is 0.615. The van der Waals surface area contributed by atoms with Gasteiger partial charge in [0, 0.05) is 0 Å². The second kappa shape index (κ2) is 13.5. The molecule has 136 valence electrons. The molecule has 0 atom stereocenters. The van der Waals surface area contributed by atoms with Crippen LogP contribution in [0.5, 0.6) is 0 Å². The van der Waals surface area contributed by atoms with Gasteiger partial charge in [0.1, 0.15) is 0 Å². The van der Waals surface area contributed by atoms with Crippen LogP contribution in [-0.4, -0.2) is 21.4 Å². The molecule has 0 aliphatic rings. The van der Waals surface area contributed by atoms with Crippen LogP contribution in [0.1, 0.15) is 64.9 Å². The zero-order chi connectivity index (χ0) is 17.7. The molecule has 1 aromatic carbocycles. The van der Waals surface area contributed by atoms with Crippen LogP contribution in [0.2, 0.25) is 13.3 Å². The number of hydrogen-bond donors (Lipinski definition) is 0. The Bertz CT molecular complexity index is 428. The van der Waals surface area contributed by atoms with Gasteiger partial charge in [-0.15, -0.1) is 0 Å². The molecule has 0 amide bonds. The van der Waals surface area contributed by atoms with E-state index in [1.807, 2.05) is 6.07 Å². The SMILES string of the molecule is CCC[CH2][Sn]([CH2]CCC)([CH2]CCC)[S]C(=S)OCc1ccccc1. The van der Waals surface area contributed by atoms with Crippen molar-refractivity contribution in [3.63, 3.8) is 0 Å². The van der Waals surface area contributed by atoms with E-state index in [9.17, 15) is 0 Å². The van der Waals surface area contributed by atoms with Crippen molar-refractivity contribution < 1.29 is 4.74 Å². The van der Waals surface area contributed by atoms with E-state index in [4.69, 9.17) is 17.0 Å². The molecule has 0 aliphatic carbocycles. The number of rotatable bonds is 12. The van der Waals surface area contributed by atoms with E-state index in [-0.39, 0.29) is 0 Å². The number of benzene rings is 1. The van der Waals surface area contributed by atoms with Crippen molar-refractivity contribution in [3.8, 4) is 0 Å². The topological polar surface area (TPSA) is 9.23 Å². The van der Waals surface area contributed by atoms with Gasteiger partial charge >= 0.3 is 162 Å². The quantitative estimate of drug-likeness (QED) is 0.229. The van der Waals surface area contributed by atoms with E-state index >= 15 is 0 Å². The molecule has 1 rings (SSSR count). The Morgan fingerprint density at radius 1 is 0.917 bits per heavy atom. The number of thiocarbonyl (C=S) groups is 1. The first-order chi connectivity index (χ1) is 11.7. The molecule has 0 aliphatic heterocycles. The summed E-state index contributed by atoms with van der Waals surface area (Å²) in [5, 5.41) is 0. The third kappa shape index (κ3) is 9.09. The fourth-order valence-electron chi connectivity index (χ4n) is 2.95. The summed E-state index contributed by atoms with van der Waals surface area (Å²) in [6.45, 7) is 7.55. The van der Waals surface area contributed by atoms with Crippen LogP contribution < -0.4 is 0 Å². The Morgan fingerprint density at radius 3 is 1.88 bits per heavy atom. The van der Waals surface area contributed by atoms with Gasteiger partial charge in [-0.1, -0.05) is 0 Å². The molecule has 1 nitrogen and oxygen atoms in total. The van der Waals surface area contributed by atoms with Gasteiger partial charge in [0.15, 0.2) is 0 Å². The molecular weight excluding hydrogens is 439 g/mol. The third-order valence-corrected chi connectivity index (χ3v) is 27.0. The summed E-state index contributed by atoms with van der Waals surface area (Å²) in [6.07, 6.45) is 8.02. The number of unbranched alkanes of at least 4 members (excludes halogenated alkanes) is 3. The second-order valence-electron chi connectivity index (χ2n) is 6.62. The summed E-state index contributed by atoms with van der Waals surface area (Å²) in [7, 11) is 2.05. The Hall–Kier alpha value is 0.259. The van der Waals surface area contributed by atoms with Gasteiger partial charge in [0.25, 0.3) is 0 Å². The summed E-state index contributed by atoms with van der Waals surface area (Å²) in [4.78, 5) is 0. The van der Waals surface area contributed by atoms with Crippen LogP contribution in [0.4, 0.5) is 0 Å². The molecule has 1 aromatic rings. The monoisotopic (exact) mass is 474 g/mol. The molecule has 0 unspecified atom stereocenters. The van der Waals surface area contributed by atoms with Gasteiger partial charge < -0.3 is 0 Å². The first-order valence-corrected chi connectivity index (χ1v) is 20.3. The summed E-state index contributed by atoms with van der Waals surface area (Å²) >= 11 is 3.37.